The summed E-state index contributed by atoms with van der Waals surface area (Å²) >= 11 is 0. The molecule has 1 aliphatic rings. The molecule has 15 heavy (non-hydrogen) atoms. The summed E-state index contributed by atoms with van der Waals surface area (Å²) in [5.74, 6) is -0.111. The van der Waals surface area contributed by atoms with Gasteiger partial charge in [-0.1, -0.05) is 0 Å². The molecule has 0 aromatic heterocycles. The van der Waals surface area contributed by atoms with Crippen molar-refractivity contribution in [1.82, 2.24) is 0 Å². The van der Waals surface area contributed by atoms with Gasteiger partial charge >= 0.3 is 0 Å². The Kier molecular flexibility index (Phi) is 2.19. The summed E-state index contributed by atoms with van der Waals surface area (Å²) in [6.07, 6.45) is 0. The van der Waals surface area contributed by atoms with Crippen LogP contribution in [-0.4, -0.2) is 11.6 Å². The molecular weight excluding hydrogens is 190 g/mol. The second kappa shape index (κ2) is 3.38. The van der Waals surface area contributed by atoms with Crippen molar-refractivity contribution < 1.29 is 4.79 Å². The molecule has 1 aliphatic heterocycles. The summed E-state index contributed by atoms with van der Waals surface area (Å²) in [6.45, 7) is 3.72. The lowest BCUT2D eigenvalue weighted by molar-refractivity contribution is -0.119. The molecule has 2 rings (SSSR count). The van der Waals surface area contributed by atoms with Gasteiger partial charge < -0.3 is 5.73 Å². The molecule has 2 N–H and O–H groups in total. The van der Waals surface area contributed by atoms with Crippen molar-refractivity contribution >= 4 is 23.0 Å². The van der Waals surface area contributed by atoms with Crippen LogP contribution in [-0.2, 0) is 4.79 Å². The van der Waals surface area contributed by atoms with Gasteiger partial charge in [0, 0.05) is 11.4 Å². The second-order valence-corrected chi connectivity index (χ2v) is 3.70. The average Bonchev–Trinajstić information content (AvgIpc) is 2.47. The van der Waals surface area contributed by atoms with Crippen LogP contribution in [0.3, 0.4) is 0 Å². The lowest BCUT2D eigenvalue weighted by Gasteiger charge is -2.12. The Morgan fingerprint density at radius 3 is 2.40 bits per heavy atom. The zero-order valence-corrected chi connectivity index (χ0v) is 8.77. The number of rotatable bonds is 1. The number of carbonyl (C=O) groups excluding carboxylic acids is 1. The normalized spacial score (nSPS) is 20.7. The summed E-state index contributed by atoms with van der Waals surface area (Å²) in [7, 11) is 0. The summed E-state index contributed by atoms with van der Waals surface area (Å²) < 4.78 is 0. The number of nitrogens with zero attached hydrogens (tertiary/aromatic N) is 2. The number of nitrogen functional groups attached to an aromatic ring is 1. The van der Waals surface area contributed by atoms with Gasteiger partial charge in [0.15, 0.2) is 0 Å². The monoisotopic (exact) mass is 203 g/mol. The zero-order valence-electron chi connectivity index (χ0n) is 8.77. The molecule has 1 aromatic carbocycles. The third kappa shape index (κ3) is 1.58. The van der Waals surface area contributed by atoms with Crippen molar-refractivity contribution in [3.05, 3.63) is 24.3 Å². The average molecular weight is 203 g/mol. The Morgan fingerprint density at radius 2 is 1.93 bits per heavy atom. The molecule has 4 nitrogen and oxygen atoms in total. The van der Waals surface area contributed by atoms with E-state index < -0.39 is 0 Å². The Bertz CT molecular complexity index is 422. The van der Waals surface area contributed by atoms with E-state index in [-0.39, 0.29) is 11.8 Å². The molecule has 4 heteroatoms. The maximum Gasteiger partial charge on any atom is 0.255 e. The van der Waals surface area contributed by atoms with Crippen LogP contribution >= 0.6 is 0 Å². The van der Waals surface area contributed by atoms with Crippen molar-refractivity contribution in [2.45, 2.75) is 13.8 Å². The number of anilines is 2. The predicted octanol–water partition coefficient (Wildman–Crippen LogP) is 1.63. The minimum atomic E-state index is -0.123. The van der Waals surface area contributed by atoms with Gasteiger partial charge in [0.25, 0.3) is 5.91 Å². The van der Waals surface area contributed by atoms with E-state index in [1.54, 1.807) is 24.3 Å². The van der Waals surface area contributed by atoms with Crippen molar-refractivity contribution in [1.29, 1.82) is 0 Å². The van der Waals surface area contributed by atoms with Gasteiger partial charge in [-0.3, -0.25) is 4.79 Å². The standard InChI is InChI=1S/C11H13N3O/c1-7-8(2)13-14(11(7)15)10-5-3-9(12)4-6-10/h3-7H,12H2,1-2H3/t7-/m1/s1. The van der Waals surface area contributed by atoms with Crippen molar-refractivity contribution in [3.63, 3.8) is 0 Å². The number of hydrogen-bond donors (Lipinski definition) is 1. The third-order valence-electron chi connectivity index (χ3n) is 2.60. The molecule has 0 radical (unpaired) electrons. The summed E-state index contributed by atoms with van der Waals surface area (Å²) in [6, 6.07) is 7.11. The van der Waals surface area contributed by atoms with Crippen LogP contribution in [0.25, 0.3) is 0 Å². The molecule has 1 aromatic rings. The first-order valence-corrected chi connectivity index (χ1v) is 4.84. The van der Waals surface area contributed by atoms with Gasteiger partial charge in [-0.2, -0.15) is 5.10 Å². The molecule has 1 amide bonds. The minimum Gasteiger partial charge on any atom is -0.399 e. The molecule has 0 fully saturated rings. The second-order valence-electron chi connectivity index (χ2n) is 3.70. The fourth-order valence-electron chi connectivity index (χ4n) is 1.46. The first-order valence-electron chi connectivity index (χ1n) is 4.84. The largest absolute Gasteiger partial charge is 0.399 e. The summed E-state index contributed by atoms with van der Waals surface area (Å²) in [5, 5.41) is 5.64. The number of hydrazone groups is 1. The SMILES string of the molecule is CC1=NN(c2ccc(N)cc2)C(=O)[C@@H]1C. The zero-order chi connectivity index (χ0) is 11.0. The smallest absolute Gasteiger partial charge is 0.255 e. The van der Waals surface area contributed by atoms with Crippen LogP contribution in [0.2, 0.25) is 0 Å². The first kappa shape index (κ1) is 9.71. The van der Waals surface area contributed by atoms with Crippen molar-refractivity contribution in [2.75, 3.05) is 10.7 Å². The van der Waals surface area contributed by atoms with E-state index in [2.05, 4.69) is 5.10 Å². The van der Waals surface area contributed by atoms with Crippen molar-refractivity contribution in [3.8, 4) is 0 Å². The third-order valence-corrected chi connectivity index (χ3v) is 2.60. The highest BCUT2D eigenvalue weighted by molar-refractivity contribution is 6.14. The van der Waals surface area contributed by atoms with Crippen molar-refractivity contribution in [2.24, 2.45) is 11.0 Å². The van der Waals surface area contributed by atoms with Gasteiger partial charge in [-0.05, 0) is 38.1 Å². The van der Waals surface area contributed by atoms with Gasteiger partial charge in [0.1, 0.15) is 0 Å². The molecule has 0 saturated heterocycles. The number of benzene rings is 1. The Morgan fingerprint density at radius 1 is 1.33 bits per heavy atom. The van der Waals surface area contributed by atoms with Crippen LogP contribution in [0.15, 0.2) is 29.4 Å². The molecule has 1 heterocycles. The van der Waals surface area contributed by atoms with Crippen LogP contribution in [0, 0.1) is 5.92 Å². The fraction of sp³-hybridized carbons (Fsp3) is 0.273. The highest BCUT2D eigenvalue weighted by Crippen LogP contribution is 2.24. The van der Waals surface area contributed by atoms with Crippen LogP contribution < -0.4 is 10.7 Å². The highest BCUT2D eigenvalue weighted by atomic mass is 16.2. The van der Waals surface area contributed by atoms with E-state index in [1.165, 1.54) is 5.01 Å². The van der Waals surface area contributed by atoms with Crippen LogP contribution in [0.5, 0.6) is 0 Å². The highest BCUT2D eigenvalue weighted by Gasteiger charge is 2.30. The lowest BCUT2D eigenvalue weighted by Crippen LogP contribution is -2.25. The van der Waals surface area contributed by atoms with Crippen LogP contribution in [0.1, 0.15) is 13.8 Å². The fourth-order valence-corrected chi connectivity index (χ4v) is 1.46. The molecule has 0 spiro atoms. The van der Waals surface area contributed by atoms with Gasteiger partial charge in [0.2, 0.25) is 0 Å². The number of amides is 1. The number of carbonyl (C=O) groups is 1. The van der Waals surface area contributed by atoms with Gasteiger partial charge in [-0.15, -0.1) is 0 Å². The predicted molar refractivity (Wildman–Crippen MR) is 60.6 cm³/mol. The number of hydrogen-bond acceptors (Lipinski definition) is 3. The molecule has 0 unspecified atom stereocenters. The maximum absolute atomic E-state index is 11.8. The van der Waals surface area contributed by atoms with Crippen LogP contribution in [0.4, 0.5) is 11.4 Å². The first-order chi connectivity index (χ1) is 7.09. The van der Waals surface area contributed by atoms with E-state index in [1.807, 2.05) is 13.8 Å². The molecular formula is C11H13N3O. The molecule has 0 saturated carbocycles. The molecule has 0 bridgehead atoms. The Labute approximate surface area is 88.4 Å². The molecule has 78 valence electrons. The number of nitrogens with two attached hydrogens (primary N) is 1. The molecule has 1 atom stereocenters. The van der Waals surface area contributed by atoms with Gasteiger partial charge in [-0.25, -0.2) is 5.01 Å². The summed E-state index contributed by atoms with van der Waals surface area (Å²) in [5.41, 5.74) is 7.86. The maximum atomic E-state index is 11.8. The Balaban J connectivity index is 2.33. The van der Waals surface area contributed by atoms with E-state index >= 15 is 0 Å². The van der Waals surface area contributed by atoms with Gasteiger partial charge in [0.05, 0.1) is 11.6 Å². The minimum absolute atomic E-state index is 0.0114. The molecule has 0 aliphatic carbocycles. The lowest BCUT2D eigenvalue weighted by atomic mass is 10.1. The van der Waals surface area contributed by atoms with E-state index in [4.69, 9.17) is 5.73 Å². The van der Waals surface area contributed by atoms with E-state index in [0.29, 0.717) is 5.69 Å². The Hall–Kier alpha value is -1.84. The quantitative estimate of drug-likeness (QED) is 0.705. The summed E-state index contributed by atoms with van der Waals surface area (Å²) in [4.78, 5) is 11.8. The van der Waals surface area contributed by atoms with E-state index in [0.717, 1.165) is 11.4 Å². The van der Waals surface area contributed by atoms with E-state index in [9.17, 15) is 4.79 Å². The topological polar surface area (TPSA) is 58.7 Å².